The summed E-state index contributed by atoms with van der Waals surface area (Å²) in [6.45, 7) is 11.0. The summed E-state index contributed by atoms with van der Waals surface area (Å²) in [7, 11) is 0. The molecular formula is C21H19N3O2. The van der Waals surface area contributed by atoms with Gasteiger partial charge in [-0.3, -0.25) is 9.69 Å². The number of benzene rings is 2. The monoisotopic (exact) mass is 345 g/mol. The molecule has 5 heteroatoms. The molecule has 130 valence electrons. The molecular weight excluding hydrogens is 326 g/mol. The van der Waals surface area contributed by atoms with E-state index in [1.165, 1.54) is 4.90 Å². The lowest BCUT2D eigenvalue weighted by atomic mass is 9.75. The molecule has 1 aliphatic carbocycles. The first-order valence-corrected chi connectivity index (χ1v) is 8.71. The molecule has 0 aromatic heterocycles. The zero-order valence-corrected chi connectivity index (χ0v) is 14.8. The van der Waals surface area contributed by atoms with Gasteiger partial charge in [0.1, 0.15) is 5.54 Å². The summed E-state index contributed by atoms with van der Waals surface area (Å²) in [5, 5.41) is 0. The van der Waals surface area contributed by atoms with Gasteiger partial charge >= 0.3 is 6.03 Å². The highest BCUT2D eigenvalue weighted by atomic mass is 16.2. The first-order chi connectivity index (χ1) is 12.5. The van der Waals surface area contributed by atoms with Gasteiger partial charge in [0.15, 0.2) is 5.69 Å². The molecule has 0 atom stereocenters. The van der Waals surface area contributed by atoms with Crippen molar-refractivity contribution in [1.29, 1.82) is 0 Å². The maximum atomic E-state index is 13.2. The Morgan fingerprint density at radius 2 is 1.65 bits per heavy atom. The summed E-state index contributed by atoms with van der Waals surface area (Å²) in [6, 6.07) is 12.5. The molecule has 4 rings (SSSR count). The van der Waals surface area contributed by atoms with Crippen LogP contribution in [-0.4, -0.2) is 17.5 Å². The minimum atomic E-state index is -0.765. The van der Waals surface area contributed by atoms with Crippen LogP contribution >= 0.6 is 0 Å². The van der Waals surface area contributed by atoms with E-state index in [0.717, 1.165) is 23.2 Å². The van der Waals surface area contributed by atoms with Crippen molar-refractivity contribution in [2.45, 2.75) is 38.6 Å². The van der Waals surface area contributed by atoms with Crippen LogP contribution in [0.15, 0.2) is 42.5 Å². The summed E-state index contributed by atoms with van der Waals surface area (Å²) in [5.41, 5.74) is 2.92. The maximum absolute atomic E-state index is 13.2. The molecule has 1 heterocycles. The van der Waals surface area contributed by atoms with E-state index in [1.807, 2.05) is 38.1 Å². The number of urea groups is 1. The van der Waals surface area contributed by atoms with E-state index in [2.05, 4.69) is 4.85 Å². The van der Waals surface area contributed by atoms with Gasteiger partial charge < -0.3 is 0 Å². The van der Waals surface area contributed by atoms with Gasteiger partial charge in [-0.2, -0.15) is 0 Å². The topological polar surface area (TPSA) is 45.0 Å². The first-order valence-electron chi connectivity index (χ1n) is 8.71. The Bertz CT molecular complexity index is 952. The fourth-order valence-corrected chi connectivity index (χ4v) is 3.81. The third-order valence-electron chi connectivity index (χ3n) is 5.44. The Balaban J connectivity index is 1.80. The number of hydrogen-bond acceptors (Lipinski definition) is 2. The van der Waals surface area contributed by atoms with Crippen molar-refractivity contribution in [3.05, 3.63) is 65.0 Å². The predicted molar refractivity (Wildman–Crippen MR) is 101 cm³/mol. The number of rotatable bonds is 2. The number of hydrogen-bond donors (Lipinski definition) is 0. The van der Waals surface area contributed by atoms with E-state index < -0.39 is 5.54 Å². The molecule has 2 aromatic carbocycles. The Labute approximate surface area is 152 Å². The smallest absolute Gasteiger partial charge is 0.278 e. The van der Waals surface area contributed by atoms with E-state index >= 15 is 0 Å². The Morgan fingerprint density at radius 1 is 1.00 bits per heavy atom. The third kappa shape index (κ3) is 2.15. The van der Waals surface area contributed by atoms with Gasteiger partial charge in [0.05, 0.1) is 12.3 Å². The minimum Gasteiger partial charge on any atom is -0.278 e. The predicted octanol–water partition coefficient (Wildman–Crippen LogP) is 4.75. The molecule has 1 saturated heterocycles. The number of anilines is 2. The number of amides is 3. The first kappa shape index (κ1) is 16.3. The second-order valence-corrected chi connectivity index (χ2v) is 7.06. The highest BCUT2D eigenvalue weighted by Gasteiger charge is 2.61. The van der Waals surface area contributed by atoms with Gasteiger partial charge in [-0.1, -0.05) is 23.8 Å². The SMILES string of the molecule is [C-]#[N+]c1ccc(N2C(=O)N(c3ccc(C)cc3)C3(CCC3)C2=O)cc1C. The molecule has 0 bridgehead atoms. The summed E-state index contributed by atoms with van der Waals surface area (Å²) in [5.74, 6) is -0.163. The molecule has 2 fully saturated rings. The van der Waals surface area contributed by atoms with Crippen LogP contribution in [0.1, 0.15) is 30.4 Å². The molecule has 2 aromatic rings. The largest absolute Gasteiger partial charge is 0.336 e. The van der Waals surface area contributed by atoms with Crippen LogP contribution in [-0.2, 0) is 4.79 Å². The lowest BCUT2D eigenvalue weighted by Gasteiger charge is -2.42. The van der Waals surface area contributed by atoms with Crippen LogP contribution in [0.25, 0.3) is 4.85 Å². The highest BCUT2D eigenvalue weighted by molar-refractivity contribution is 6.30. The summed E-state index contributed by atoms with van der Waals surface area (Å²) in [4.78, 5) is 32.9. The number of aryl methyl sites for hydroxylation is 2. The van der Waals surface area contributed by atoms with Crippen LogP contribution < -0.4 is 9.80 Å². The molecule has 3 amide bonds. The molecule has 1 saturated carbocycles. The van der Waals surface area contributed by atoms with Gasteiger partial charge in [-0.15, -0.1) is 0 Å². The number of carbonyl (C=O) groups is 2. The van der Waals surface area contributed by atoms with Crippen molar-refractivity contribution < 1.29 is 9.59 Å². The molecule has 1 spiro atoms. The third-order valence-corrected chi connectivity index (χ3v) is 5.44. The average Bonchev–Trinajstić information content (AvgIpc) is 2.83. The maximum Gasteiger partial charge on any atom is 0.336 e. The van der Waals surface area contributed by atoms with Gasteiger partial charge in [-0.25, -0.2) is 14.5 Å². The Morgan fingerprint density at radius 3 is 2.19 bits per heavy atom. The van der Waals surface area contributed by atoms with Gasteiger partial charge in [0.25, 0.3) is 5.91 Å². The van der Waals surface area contributed by atoms with Gasteiger partial charge in [-0.05, 0) is 62.9 Å². The van der Waals surface area contributed by atoms with Crippen LogP contribution in [0.3, 0.4) is 0 Å². The van der Waals surface area contributed by atoms with E-state index in [1.54, 1.807) is 23.1 Å². The summed E-state index contributed by atoms with van der Waals surface area (Å²) in [6.07, 6.45) is 2.30. The molecule has 0 N–H and O–H groups in total. The second kappa shape index (κ2) is 5.70. The molecule has 0 unspecified atom stereocenters. The quantitative estimate of drug-likeness (QED) is 0.582. The molecule has 0 radical (unpaired) electrons. The second-order valence-electron chi connectivity index (χ2n) is 7.06. The average molecular weight is 345 g/mol. The fraction of sp³-hybridized carbons (Fsp3) is 0.286. The zero-order valence-electron chi connectivity index (χ0n) is 14.8. The van der Waals surface area contributed by atoms with Crippen LogP contribution in [0.4, 0.5) is 21.9 Å². The fourth-order valence-electron chi connectivity index (χ4n) is 3.81. The lowest BCUT2D eigenvalue weighted by Crippen LogP contribution is -2.55. The standard InChI is InChI=1S/C21H19N3O2/c1-14-5-7-16(8-6-14)24-20(26)23(19(25)21(24)11-4-12-21)17-9-10-18(22-3)15(2)13-17/h5-10,13H,4,11-12H2,1-2H3. The number of imide groups is 1. The van der Waals surface area contributed by atoms with Crippen molar-refractivity contribution in [3.63, 3.8) is 0 Å². The summed E-state index contributed by atoms with van der Waals surface area (Å²) < 4.78 is 0. The van der Waals surface area contributed by atoms with Crippen LogP contribution in [0, 0.1) is 20.4 Å². The Kier molecular flexibility index (Phi) is 3.58. The van der Waals surface area contributed by atoms with Crippen molar-refractivity contribution in [2.75, 3.05) is 9.80 Å². The zero-order chi connectivity index (χ0) is 18.5. The highest BCUT2D eigenvalue weighted by Crippen LogP contribution is 2.47. The molecule has 1 aliphatic heterocycles. The van der Waals surface area contributed by atoms with E-state index in [0.29, 0.717) is 24.2 Å². The van der Waals surface area contributed by atoms with Gasteiger partial charge in [0.2, 0.25) is 0 Å². The van der Waals surface area contributed by atoms with Crippen LogP contribution in [0.2, 0.25) is 0 Å². The van der Waals surface area contributed by atoms with Gasteiger partial charge in [0, 0.05) is 5.69 Å². The number of nitrogens with zero attached hydrogens (tertiary/aromatic N) is 3. The summed E-state index contributed by atoms with van der Waals surface area (Å²) >= 11 is 0. The van der Waals surface area contributed by atoms with Crippen molar-refractivity contribution >= 4 is 29.0 Å². The molecule has 26 heavy (non-hydrogen) atoms. The lowest BCUT2D eigenvalue weighted by molar-refractivity contribution is -0.123. The van der Waals surface area contributed by atoms with E-state index in [9.17, 15) is 9.59 Å². The van der Waals surface area contributed by atoms with Crippen molar-refractivity contribution in [1.82, 2.24) is 0 Å². The Hall–Kier alpha value is -3.13. The van der Waals surface area contributed by atoms with E-state index in [-0.39, 0.29) is 11.9 Å². The van der Waals surface area contributed by atoms with Crippen molar-refractivity contribution in [3.8, 4) is 0 Å². The molecule has 5 nitrogen and oxygen atoms in total. The molecule has 2 aliphatic rings. The van der Waals surface area contributed by atoms with E-state index in [4.69, 9.17) is 6.57 Å². The van der Waals surface area contributed by atoms with Crippen LogP contribution in [0.5, 0.6) is 0 Å². The normalized spacial score (nSPS) is 18.2. The minimum absolute atomic E-state index is 0.163. The van der Waals surface area contributed by atoms with Crippen molar-refractivity contribution in [2.24, 2.45) is 0 Å². The number of carbonyl (C=O) groups excluding carboxylic acids is 2.